The van der Waals surface area contributed by atoms with E-state index < -0.39 is 0 Å². The second-order valence-corrected chi connectivity index (χ2v) is 6.44. The van der Waals surface area contributed by atoms with Crippen LogP contribution in [0.2, 0.25) is 0 Å². The Hall–Kier alpha value is -0.500. The van der Waals surface area contributed by atoms with Gasteiger partial charge in [-0.05, 0) is 30.0 Å². The monoisotopic (exact) mass is 310 g/mol. The van der Waals surface area contributed by atoms with Gasteiger partial charge in [0.1, 0.15) is 5.75 Å². The predicted octanol–water partition coefficient (Wildman–Crippen LogP) is 5.49. The highest BCUT2D eigenvalue weighted by Gasteiger charge is 2.17. The summed E-state index contributed by atoms with van der Waals surface area (Å²) in [4.78, 5) is 0.492. The molecule has 0 aromatic heterocycles. The zero-order chi connectivity index (χ0) is 12.8. The molecular formula is C16H23BrO. The molecule has 1 aromatic rings. The molecule has 1 unspecified atom stereocenters. The zero-order valence-corrected chi connectivity index (χ0v) is 12.8. The maximum Gasteiger partial charge on any atom is 0.118 e. The first-order chi connectivity index (χ1) is 8.79. The van der Waals surface area contributed by atoms with Crippen LogP contribution in [0.1, 0.15) is 55.3 Å². The van der Waals surface area contributed by atoms with Crippen molar-refractivity contribution < 1.29 is 4.74 Å². The Kier molecular flexibility index (Phi) is 5.55. The van der Waals surface area contributed by atoms with Crippen LogP contribution in [0.5, 0.6) is 5.75 Å². The minimum atomic E-state index is 0.492. The second kappa shape index (κ2) is 7.18. The molecule has 1 fully saturated rings. The smallest absolute Gasteiger partial charge is 0.118 e. The molecule has 1 aromatic carbocycles. The van der Waals surface area contributed by atoms with E-state index in [-0.39, 0.29) is 0 Å². The highest BCUT2D eigenvalue weighted by atomic mass is 79.9. The molecule has 0 radical (unpaired) electrons. The average Bonchev–Trinajstić information content (AvgIpc) is 2.67. The lowest BCUT2D eigenvalue weighted by Gasteiger charge is -2.18. The van der Waals surface area contributed by atoms with E-state index in [0.29, 0.717) is 4.83 Å². The number of rotatable bonds is 4. The summed E-state index contributed by atoms with van der Waals surface area (Å²) in [6, 6.07) is 8.46. The summed E-state index contributed by atoms with van der Waals surface area (Å²) in [7, 11) is 1.71. The summed E-state index contributed by atoms with van der Waals surface area (Å²) in [6.07, 6.45) is 9.82. The van der Waals surface area contributed by atoms with Crippen molar-refractivity contribution in [1.29, 1.82) is 0 Å². The van der Waals surface area contributed by atoms with E-state index in [1.807, 2.05) is 0 Å². The number of methoxy groups -OCH3 is 1. The van der Waals surface area contributed by atoms with Gasteiger partial charge in [0.15, 0.2) is 0 Å². The van der Waals surface area contributed by atoms with Gasteiger partial charge in [0.2, 0.25) is 0 Å². The van der Waals surface area contributed by atoms with Crippen LogP contribution in [0, 0.1) is 5.92 Å². The number of ether oxygens (including phenoxy) is 1. The van der Waals surface area contributed by atoms with Gasteiger partial charge in [0.25, 0.3) is 0 Å². The van der Waals surface area contributed by atoms with Crippen molar-refractivity contribution in [2.24, 2.45) is 5.92 Å². The Morgan fingerprint density at radius 3 is 2.28 bits per heavy atom. The van der Waals surface area contributed by atoms with E-state index in [1.54, 1.807) is 7.11 Å². The zero-order valence-electron chi connectivity index (χ0n) is 11.2. The average molecular weight is 311 g/mol. The van der Waals surface area contributed by atoms with Gasteiger partial charge < -0.3 is 4.74 Å². The number of hydrogen-bond donors (Lipinski definition) is 0. The maximum absolute atomic E-state index is 5.20. The molecule has 2 heteroatoms. The minimum Gasteiger partial charge on any atom is -0.497 e. The third kappa shape index (κ3) is 4.01. The third-order valence-electron chi connectivity index (χ3n) is 3.99. The van der Waals surface area contributed by atoms with Gasteiger partial charge in [0, 0.05) is 4.83 Å². The van der Waals surface area contributed by atoms with Crippen molar-refractivity contribution in [3.63, 3.8) is 0 Å². The lowest BCUT2D eigenvalue weighted by Crippen LogP contribution is -2.03. The summed E-state index contributed by atoms with van der Waals surface area (Å²) in [5.41, 5.74) is 1.38. The molecule has 0 amide bonds. The van der Waals surface area contributed by atoms with Crippen LogP contribution >= 0.6 is 15.9 Å². The van der Waals surface area contributed by atoms with Gasteiger partial charge in [-0.25, -0.2) is 0 Å². The second-order valence-electron chi connectivity index (χ2n) is 5.33. The summed E-state index contributed by atoms with van der Waals surface area (Å²) in [5.74, 6) is 1.84. The van der Waals surface area contributed by atoms with Gasteiger partial charge in [0.05, 0.1) is 7.11 Å². The van der Waals surface area contributed by atoms with Gasteiger partial charge in [-0.2, -0.15) is 0 Å². The Labute approximate surface area is 119 Å². The van der Waals surface area contributed by atoms with E-state index in [0.717, 1.165) is 11.7 Å². The molecule has 1 atom stereocenters. The fourth-order valence-electron chi connectivity index (χ4n) is 2.84. The molecule has 1 aliphatic carbocycles. The molecule has 1 aliphatic rings. The number of alkyl halides is 1. The fraction of sp³-hybridized carbons (Fsp3) is 0.625. The van der Waals surface area contributed by atoms with Crippen molar-refractivity contribution in [3.05, 3.63) is 29.8 Å². The molecule has 0 N–H and O–H groups in total. The molecule has 1 nitrogen and oxygen atoms in total. The van der Waals surface area contributed by atoms with Gasteiger partial charge in [-0.1, -0.05) is 66.6 Å². The lowest BCUT2D eigenvalue weighted by atomic mass is 9.93. The van der Waals surface area contributed by atoms with Crippen molar-refractivity contribution >= 4 is 15.9 Å². The summed E-state index contributed by atoms with van der Waals surface area (Å²) in [5, 5.41) is 0. The van der Waals surface area contributed by atoms with Crippen LogP contribution in [-0.4, -0.2) is 7.11 Å². The van der Waals surface area contributed by atoms with Gasteiger partial charge >= 0.3 is 0 Å². The lowest BCUT2D eigenvalue weighted by molar-refractivity contribution is 0.413. The Bertz CT molecular complexity index is 339. The maximum atomic E-state index is 5.20. The molecule has 100 valence electrons. The van der Waals surface area contributed by atoms with E-state index in [9.17, 15) is 0 Å². The Morgan fingerprint density at radius 2 is 1.72 bits per heavy atom. The van der Waals surface area contributed by atoms with E-state index in [4.69, 9.17) is 4.74 Å². The predicted molar refractivity (Wildman–Crippen MR) is 80.5 cm³/mol. The minimum absolute atomic E-state index is 0.492. The van der Waals surface area contributed by atoms with Crippen molar-refractivity contribution in [2.45, 2.75) is 49.8 Å². The highest BCUT2D eigenvalue weighted by molar-refractivity contribution is 9.09. The van der Waals surface area contributed by atoms with Crippen molar-refractivity contribution in [3.8, 4) is 5.75 Å². The summed E-state index contributed by atoms with van der Waals surface area (Å²) in [6.45, 7) is 0. The number of halogens is 1. The quantitative estimate of drug-likeness (QED) is 0.527. The first-order valence-corrected chi connectivity index (χ1v) is 7.99. The van der Waals surface area contributed by atoms with Gasteiger partial charge in [-0.15, -0.1) is 0 Å². The van der Waals surface area contributed by atoms with E-state index in [2.05, 4.69) is 40.2 Å². The molecule has 18 heavy (non-hydrogen) atoms. The van der Waals surface area contributed by atoms with Crippen LogP contribution in [0.4, 0.5) is 0 Å². The molecular weight excluding hydrogens is 288 g/mol. The molecule has 0 bridgehead atoms. The van der Waals surface area contributed by atoms with Crippen LogP contribution in [0.15, 0.2) is 24.3 Å². The molecule has 0 saturated heterocycles. The van der Waals surface area contributed by atoms with E-state index in [1.165, 1.54) is 50.5 Å². The highest BCUT2D eigenvalue weighted by Crippen LogP contribution is 2.36. The summed E-state index contributed by atoms with van der Waals surface area (Å²) >= 11 is 3.85. The number of benzene rings is 1. The van der Waals surface area contributed by atoms with E-state index >= 15 is 0 Å². The largest absolute Gasteiger partial charge is 0.497 e. The normalized spacial score (nSPS) is 19.2. The molecule has 0 spiro atoms. The molecule has 0 heterocycles. The summed E-state index contributed by atoms with van der Waals surface area (Å²) < 4.78 is 5.20. The van der Waals surface area contributed by atoms with Crippen molar-refractivity contribution in [1.82, 2.24) is 0 Å². The first-order valence-electron chi connectivity index (χ1n) is 7.07. The Balaban J connectivity index is 1.90. The molecule has 0 aliphatic heterocycles. The third-order valence-corrected chi connectivity index (χ3v) is 4.89. The topological polar surface area (TPSA) is 9.23 Å². The SMILES string of the molecule is COc1ccc(C(Br)CC2CCCCCC2)cc1. The van der Waals surface area contributed by atoms with Crippen LogP contribution < -0.4 is 4.74 Å². The van der Waals surface area contributed by atoms with Crippen molar-refractivity contribution in [2.75, 3.05) is 7.11 Å². The fourth-order valence-corrected chi connectivity index (χ4v) is 3.67. The van der Waals surface area contributed by atoms with Crippen LogP contribution in [0.25, 0.3) is 0 Å². The number of hydrogen-bond acceptors (Lipinski definition) is 1. The molecule has 2 rings (SSSR count). The van der Waals surface area contributed by atoms with Gasteiger partial charge in [-0.3, -0.25) is 0 Å². The standard InChI is InChI=1S/C16H23BrO/c1-18-15-10-8-14(9-11-15)16(17)12-13-6-4-2-3-5-7-13/h8-11,13,16H,2-7,12H2,1H3. The van der Waals surface area contributed by atoms with Crippen LogP contribution in [0.3, 0.4) is 0 Å². The van der Waals surface area contributed by atoms with Crippen LogP contribution in [-0.2, 0) is 0 Å². The first kappa shape index (κ1) is 13.9. The molecule has 1 saturated carbocycles. The Morgan fingerprint density at radius 1 is 1.11 bits per heavy atom.